The third kappa shape index (κ3) is 15.9. The number of rotatable bonds is 6. The van der Waals surface area contributed by atoms with Crippen LogP contribution in [0.2, 0.25) is 0 Å². The molecule has 0 saturated carbocycles. The topological polar surface area (TPSA) is 63.9 Å². The number of hydrogen-bond acceptors (Lipinski definition) is 4. The van der Waals surface area contributed by atoms with Gasteiger partial charge in [-0.15, -0.1) is 0 Å². The summed E-state index contributed by atoms with van der Waals surface area (Å²) in [5, 5.41) is 25.5. The molecule has 0 aromatic heterocycles. The second kappa shape index (κ2) is 18.9. The Labute approximate surface area is 107 Å². The van der Waals surface area contributed by atoms with E-state index in [4.69, 9.17) is 15.3 Å². The van der Waals surface area contributed by atoms with Gasteiger partial charge in [0.2, 0.25) is 0 Å². The molecule has 0 spiro atoms. The van der Waals surface area contributed by atoms with E-state index in [1.165, 1.54) is 0 Å². The van der Waals surface area contributed by atoms with Crippen LogP contribution in [0.15, 0.2) is 0 Å². The van der Waals surface area contributed by atoms with Gasteiger partial charge in [-0.2, -0.15) is 0 Å². The van der Waals surface area contributed by atoms with Crippen LogP contribution >= 0.6 is 0 Å². The van der Waals surface area contributed by atoms with Crippen LogP contribution in [-0.4, -0.2) is 82.7 Å². The molecule has 3 N–H and O–H groups in total. The van der Waals surface area contributed by atoms with Crippen molar-refractivity contribution in [3.63, 3.8) is 0 Å². The minimum absolute atomic E-state index is 0. The molecule has 78 valence electrons. The van der Waals surface area contributed by atoms with E-state index in [9.17, 15) is 0 Å². The van der Waals surface area contributed by atoms with E-state index in [1.807, 2.05) is 0 Å². The molecular weight excluding hydrogens is 229 g/mol. The number of aliphatic hydroxyl groups is 3. The first-order valence-corrected chi connectivity index (χ1v) is 3.40. The van der Waals surface area contributed by atoms with Gasteiger partial charge in [-0.25, -0.2) is 0 Å². The average Bonchev–Trinajstić information content (AvgIpc) is 1.90. The van der Waals surface area contributed by atoms with Crippen LogP contribution in [-0.2, 0) is 0 Å². The van der Waals surface area contributed by atoms with E-state index < -0.39 is 0 Å². The molecule has 0 fully saturated rings. The minimum atomic E-state index is 0. The molecule has 0 radical (unpaired) electrons. The zero-order chi connectivity index (χ0) is 7.82. The van der Waals surface area contributed by atoms with Gasteiger partial charge in [0.15, 0.2) is 0 Å². The maximum Gasteiger partial charge on any atom is 2.00 e. The van der Waals surface area contributed by atoms with Gasteiger partial charge >= 0.3 is 23.1 Å². The number of aliphatic hydroxyl groups excluding tert-OH is 3. The second-order valence-electron chi connectivity index (χ2n) is 2.01. The van der Waals surface area contributed by atoms with Gasteiger partial charge in [-0.05, 0) is 0 Å². The molecule has 0 aromatic rings. The van der Waals surface area contributed by atoms with Gasteiger partial charge in [0, 0.05) is 19.6 Å². The molecule has 0 amide bonds. The van der Waals surface area contributed by atoms with Gasteiger partial charge in [0.1, 0.15) is 0 Å². The summed E-state index contributed by atoms with van der Waals surface area (Å²) in [7, 11) is 0. The fraction of sp³-hybridized carbons (Fsp3) is 1.00. The molecular formula is C6H15Cl2MgNO3. The Hall–Kier alpha value is 1.19. The molecule has 0 unspecified atom stereocenters. The van der Waals surface area contributed by atoms with Crippen LogP contribution < -0.4 is 24.8 Å². The molecule has 0 rings (SSSR count). The van der Waals surface area contributed by atoms with Crippen molar-refractivity contribution in [1.29, 1.82) is 0 Å². The smallest absolute Gasteiger partial charge is 1.00 e. The third-order valence-electron chi connectivity index (χ3n) is 1.25. The van der Waals surface area contributed by atoms with Crippen LogP contribution in [0, 0.1) is 0 Å². The van der Waals surface area contributed by atoms with Crippen LogP contribution in [0.3, 0.4) is 0 Å². The first kappa shape index (κ1) is 23.8. The Morgan fingerprint density at radius 3 is 1.08 bits per heavy atom. The van der Waals surface area contributed by atoms with Gasteiger partial charge in [-0.3, -0.25) is 4.90 Å². The minimum Gasteiger partial charge on any atom is -1.00 e. The Balaban J connectivity index is -0.000000135. The molecule has 0 aliphatic heterocycles. The second-order valence-corrected chi connectivity index (χ2v) is 2.01. The maximum atomic E-state index is 8.48. The monoisotopic (exact) mass is 243 g/mol. The molecule has 0 bridgehead atoms. The first-order chi connectivity index (χ1) is 4.85. The quantitative estimate of drug-likeness (QED) is 0.406. The Bertz CT molecular complexity index is 68.6. The molecule has 0 aliphatic carbocycles. The van der Waals surface area contributed by atoms with Crippen molar-refractivity contribution < 1.29 is 40.1 Å². The van der Waals surface area contributed by atoms with Crippen LogP contribution in [0.4, 0.5) is 0 Å². The van der Waals surface area contributed by atoms with Crippen LogP contribution in [0.25, 0.3) is 0 Å². The van der Waals surface area contributed by atoms with E-state index in [0.29, 0.717) is 19.6 Å². The molecule has 13 heavy (non-hydrogen) atoms. The zero-order valence-electron chi connectivity index (χ0n) is 7.49. The Morgan fingerprint density at radius 1 is 0.692 bits per heavy atom. The Kier molecular flexibility index (Phi) is 34.5. The van der Waals surface area contributed by atoms with Crippen LogP contribution in [0.5, 0.6) is 0 Å². The first-order valence-electron chi connectivity index (χ1n) is 3.40. The normalized spacial score (nSPS) is 8.31. The van der Waals surface area contributed by atoms with E-state index >= 15 is 0 Å². The molecule has 0 saturated heterocycles. The maximum absolute atomic E-state index is 8.48. The van der Waals surface area contributed by atoms with Crippen molar-refractivity contribution >= 4 is 23.1 Å². The van der Waals surface area contributed by atoms with Crippen molar-refractivity contribution in [2.24, 2.45) is 0 Å². The van der Waals surface area contributed by atoms with E-state index in [2.05, 4.69) is 0 Å². The predicted molar refractivity (Wildman–Crippen MR) is 43.5 cm³/mol. The van der Waals surface area contributed by atoms with E-state index in [-0.39, 0.29) is 67.7 Å². The van der Waals surface area contributed by atoms with Gasteiger partial charge in [0.25, 0.3) is 0 Å². The number of nitrogens with zero attached hydrogens (tertiary/aromatic N) is 1. The SMILES string of the molecule is OCCN(CCO)CCO.[Cl-].[Cl-].[Mg+2]. The molecule has 0 heterocycles. The van der Waals surface area contributed by atoms with Crippen molar-refractivity contribution in [2.45, 2.75) is 0 Å². The van der Waals surface area contributed by atoms with E-state index in [1.54, 1.807) is 4.90 Å². The van der Waals surface area contributed by atoms with Crippen molar-refractivity contribution in [3.05, 3.63) is 0 Å². The summed E-state index contributed by atoms with van der Waals surface area (Å²) in [5.41, 5.74) is 0. The van der Waals surface area contributed by atoms with Gasteiger partial charge < -0.3 is 40.1 Å². The molecule has 7 heteroatoms. The fourth-order valence-corrected chi connectivity index (χ4v) is 0.760. The number of halogens is 2. The summed E-state index contributed by atoms with van der Waals surface area (Å²) in [6, 6.07) is 0. The summed E-state index contributed by atoms with van der Waals surface area (Å²) in [4.78, 5) is 1.79. The van der Waals surface area contributed by atoms with Crippen molar-refractivity contribution in [2.75, 3.05) is 39.5 Å². The summed E-state index contributed by atoms with van der Waals surface area (Å²) >= 11 is 0. The summed E-state index contributed by atoms with van der Waals surface area (Å²) in [6.45, 7) is 1.75. The largest absolute Gasteiger partial charge is 2.00 e. The fourth-order valence-electron chi connectivity index (χ4n) is 0.760. The van der Waals surface area contributed by atoms with Gasteiger partial charge in [-0.1, -0.05) is 0 Å². The molecule has 4 nitrogen and oxygen atoms in total. The summed E-state index contributed by atoms with van der Waals surface area (Å²) < 4.78 is 0. The van der Waals surface area contributed by atoms with Crippen molar-refractivity contribution in [1.82, 2.24) is 4.90 Å². The Morgan fingerprint density at radius 2 is 0.923 bits per heavy atom. The zero-order valence-corrected chi connectivity index (χ0v) is 10.4. The molecule has 0 aromatic carbocycles. The molecule has 0 aliphatic rings. The summed E-state index contributed by atoms with van der Waals surface area (Å²) in [5.74, 6) is 0. The van der Waals surface area contributed by atoms with Crippen molar-refractivity contribution in [3.8, 4) is 0 Å². The third-order valence-corrected chi connectivity index (χ3v) is 1.25. The molecule has 0 atom stereocenters. The van der Waals surface area contributed by atoms with Gasteiger partial charge in [0.05, 0.1) is 19.8 Å². The number of hydrogen-bond donors (Lipinski definition) is 3. The van der Waals surface area contributed by atoms with Crippen LogP contribution in [0.1, 0.15) is 0 Å². The van der Waals surface area contributed by atoms with E-state index in [0.717, 1.165) is 0 Å². The average molecular weight is 244 g/mol. The predicted octanol–water partition coefficient (Wildman–Crippen LogP) is -8.11. The summed E-state index contributed by atoms with van der Waals surface area (Å²) in [6.07, 6.45) is 0. The standard InChI is InChI=1S/C6H15NO3.2ClH.Mg/c8-4-1-7(2-5-9)3-6-10;;;/h8-10H,1-6H2;2*1H;/q;;;+2/p-2.